The molecule has 1 unspecified atom stereocenters. The van der Waals surface area contributed by atoms with Crippen molar-refractivity contribution in [3.05, 3.63) is 29.6 Å². The number of nitrogens with two attached hydrogens (primary N) is 1. The number of hydrogen-bond donors (Lipinski definition) is 1. The summed E-state index contributed by atoms with van der Waals surface area (Å²) in [5.74, 6) is -4.14. The van der Waals surface area contributed by atoms with E-state index in [-0.39, 0.29) is 5.75 Å². The molecule has 0 saturated carbocycles. The molecule has 2 nitrogen and oxygen atoms in total. The zero-order chi connectivity index (χ0) is 11.6. The van der Waals surface area contributed by atoms with Crippen LogP contribution >= 0.6 is 0 Å². The van der Waals surface area contributed by atoms with Gasteiger partial charge in [-0.1, -0.05) is 0 Å². The van der Waals surface area contributed by atoms with E-state index in [1.807, 2.05) is 0 Å². The highest BCUT2D eigenvalue weighted by atomic mass is 19.3. The second kappa shape index (κ2) is 4.10. The Morgan fingerprint density at radius 3 is 2.40 bits per heavy atom. The predicted octanol–water partition coefficient (Wildman–Crippen LogP) is 2.27. The highest BCUT2D eigenvalue weighted by Gasteiger charge is 2.36. The van der Waals surface area contributed by atoms with Gasteiger partial charge in [-0.25, -0.2) is 4.39 Å². The molecule has 0 radical (unpaired) electrons. The lowest BCUT2D eigenvalue weighted by atomic mass is 10.0. The second-order valence-electron chi connectivity index (χ2n) is 3.26. The molecule has 5 heteroatoms. The molecule has 84 valence electrons. The third-order valence-corrected chi connectivity index (χ3v) is 2.11. The molecule has 2 N–H and O–H groups in total. The molecule has 0 aliphatic rings. The zero-order valence-electron chi connectivity index (χ0n) is 8.43. The molecule has 0 bridgehead atoms. The summed E-state index contributed by atoms with van der Waals surface area (Å²) in [6, 6.07) is 1.62. The van der Waals surface area contributed by atoms with Crippen LogP contribution in [0, 0.1) is 5.82 Å². The zero-order valence-corrected chi connectivity index (χ0v) is 8.43. The topological polar surface area (TPSA) is 35.2 Å². The van der Waals surface area contributed by atoms with Gasteiger partial charge in [-0.05, 0) is 25.1 Å². The fourth-order valence-electron chi connectivity index (χ4n) is 1.14. The van der Waals surface area contributed by atoms with Crippen molar-refractivity contribution in [1.82, 2.24) is 0 Å². The first-order chi connectivity index (χ1) is 6.89. The van der Waals surface area contributed by atoms with E-state index in [0.29, 0.717) is 0 Å². The van der Waals surface area contributed by atoms with Crippen molar-refractivity contribution in [2.45, 2.75) is 18.9 Å². The van der Waals surface area contributed by atoms with E-state index >= 15 is 0 Å². The summed E-state index contributed by atoms with van der Waals surface area (Å²) < 4.78 is 44.5. The fourth-order valence-corrected chi connectivity index (χ4v) is 1.14. The van der Waals surface area contributed by atoms with Crippen LogP contribution in [-0.2, 0) is 5.92 Å². The van der Waals surface area contributed by atoms with Crippen LogP contribution in [0.25, 0.3) is 0 Å². The molecule has 1 aromatic carbocycles. The van der Waals surface area contributed by atoms with Crippen LogP contribution in [-0.4, -0.2) is 13.2 Å². The summed E-state index contributed by atoms with van der Waals surface area (Å²) in [4.78, 5) is 0. The Morgan fingerprint density at radius 2 is 2.00 bits per heavy atom. The molecule has 1 rings (SSSR count). The highest BCUT2D eigenvalue weighted by molar-refractivity contribution is 5.32. The van der Waals surface area contributed by atoms with Gasteiger partial charge in [-0.2, -0.15) is 8.78 Å². The van der Waals surface area contributed by atoms with Gasteiger partial charge in [0.15, 0.2) is 11.6 Å². The minimum absolute atomic E-state index is 0.0702. The van der Waals surface area contributed by atoms with Gasteiger partial charge in [0.25, 0.3) is 5.92 Å². The van der Waals surface area contributed by atoms with Gasteiger partial charge in [0.05, 0.1) is 13.2 Å². The maximum absolute atomic E-state index is 13.4. The summed E-state index contributed by atoms with van der Waals surface area (Å²) in [7, 11) is 1.27. The van der Waals surface area contributed by atoms with Crippen molar-refractivity contribution in [1.29, 1.82) is 0 Å². The minimum Gasteiger partial charge on any atom is -0.494 e. The van der Waals surface area contributed by atoms with Crippen LogP contribution < -0.4 is 10.5 Å². The third-order valence-electron chi connectivity index (χ3n) is 2.11. The Morgan fingerprint density at radius 1 is 1.40 bits per heavy atom. The summed E-state index contributed by atoms with van der Waals surface area (Å²) >= 11 is 0. The Kier molecular flexibility index (Phi) is 3.24. The number of rotatable bonds is 3. The monoisotopic (exact) mass is 219 g/mol. The number of ether oxygens (including phenoxy) is 1. The van der Waals surface area contributed by atoms with Crippen LogP contribution in [0.1, 0.15) is 12.5 Å². The lowest BCUT2D eigenvalue weighted by Gasteiger charge is -2.20. The van der Waals surface area contributed by atoms with Crippen LogP contribution in [0.15, 0.2) is 18.2 Å². The first-order valence-corrected chi connectivity index (χ1v) is 4.37. The number of benzene rings is 1. The number of hydrogen-bond acceptors (Lipinski definition) is 2. The molecule has 0 amide bonds. The molecule has 0 aromatic heterocycles. The van der Waals surface area contributed by atoms with Crippen molar-refractivity contribution in [3.63, 3.8) is 0 Å². The summed E-state index contributed by atoms with van der Waals surface area (Å²) in [6.45, 7) is 1.17. The molecule has 0 aliphatic carbocycles. The maximum atomic E-state index is 13.4. The van der Waals surface area contributed by atoms with E-state index in [1.54, 1.807) is 0 Å². The first kappa shape index (κ1) is 11.8. The van der Waals surface area contributed by atoms with Gasteiger partial charge in [0.2, 0.25) is 0 Å². The average molecular weight is 219 g/mol. The van der Waals surface area contributed by atoms with E-state index in [0.717, 1.165) is 18.2 Å². The normalized spacial score (nSPS) is 13.7. The molecule has 0 aliphatic heterocycles. The quantitative estimate of drug-likeness (QED) is 0.846. The van der Waals surface area contributed by atoms with Crippen molar-refractivity contribution in [3.8, 4) is 5.75 Å². The van der Waals surface area contributed by atoms with E-state index in [2.05, 4.69) is 4.74 Å². The van der Waals surface area contributed by atoms with Crippen molar-refractivity contribution in [2.75, 3.05) is 7.11 Å². The maximum Gasteiger partial charge on any atom is 0.287 e. The molecule has 0 heterocycles. The van der Waals surface area contributed by atoms with Gasteiger partial charge < -0.3 is 10.5 Å². The largest absolute Gasteiger partial charge is 0.494 e. The van der Waals surface area contributed by atoms with Gasteiger partial charge in [-0.3, -0.25) is 0 Å². The molecular weight excluding hydrogens is 207 g/mol. The molecule has 15 heavy (non-hydrogen) atoms. The first-order valence-electron chi connectivity index (χ1n) is 4.37. The Bertz CT molecular complexity index is 353. The third kappa shape index (κ3) is 2.23. The van der Waals surface area contributed by atoms with Crippen LogP contribution in [0.4, 0.5) is 13.2 Å². The summed E-state index contributed by atoms with van der Waals surface area (Å²) in [5, 5.41) is 0. The number of halogens is 3. The van der Waals surface area contributed by atoms with Gasteiger partial charge in [0, 0.05) is 5.56 Å². The number of alkyl halides is 2. The second-order valence-corrected chi connectivity index (χ2v) is 3.26. The predicted molar refractivity (Wildman–Crippen MR) is 50.5 cm³/mol. The highest BCUT2D eigenvalue weighted by Crippen LogP contribution is 2.32. The summed E-state index contributed by atoms with van der Waals surface area (Å²) in [5.41, 5.74) is 4.67. The molecule has 0 saturated heterocycles. The Hall–Kier alpha value is -1.23. The van der Waals surface area contributed by atoms with Gasteiger partial charge >= 0.3 is 0 Å². The van der Waals surface area contributed by atoms with E-state index in [9.17, 15) is 13.2 Å². The van der Waals surface area contributed by atoms with E-state index in [4.69, 9.17) is 5.73 Å². The Labute approximate surface area is 85.8 Å². The Balaban J connectivity index is 3.12. The van der Waals surface area contributed by atoms with Crippen molar-refractivity contribution in [2.24, 2.45) is 5.73 Å². The standard InChI is InChI=1S/C10H12F3NO/c1-6(14)10(12,13)7-3-4-9(15-2)8(11)5-7/h3-6H,14H2,1-2H3. The van der Waals surface area contributed by atoms with Gasteiger partial charge in [-0.15, -0.1) is 0 Å². The van der Waals surface area contributed by atoms with E-state index < -0.39 is 23.3 Å². The molecule has 1 aromatic rings. The van der Waals surface area contributed by atoms with Gasteiger partial charge in [0.1, 0.15) is 0 Å². The van der Waals surface area contributed by atoms with Crippen LogP contribution in [0.3, 0.4) is 0 Å². The lowest BCUT2D eigenvalue weighted by molar-refractivity contribution is -0.0259. The molecule has 1 atom stereocenters. The molecular formula is C10H12F3NO. The lowest BCUT2D eigenvalue weighted by Crippen LogP contribution is -2.35. The van der Waals surface area contributed by atoms with E-state index in [1.165, 1.54) is 14.0 Å². The van der Waals surface area contributed by atoms with Crippen LogP contribution in [0.2, 0.25) is 0 Å². The van der Waals surface area contributed by atoms with Crippen molar-refractivity contribution >= 4 is 0 Å². The summed E-state index contributed by atoms with van der Waals surface area (Å²) in [6.07, 6.45) is 0. The number of methoxy groups -OCH3 is 1. The molecule has 0 fully saturated rings. The SMILES string of the molecule is COc1ccc(C(F)(F)C(C)N)cc1F. The molecule has 0 spiro atoms. The minimum atomic E-state index is -3.24. The fraction of sp³-hybridized carbons (Fsp3) is 0.400. The average Bonchev–Trinajstić information content (AvgIpc) is 2.17. The van der Waals surface area contributed by atoms with Crippen LogP contribution in [0.5, 0.6) is 5.75 Å². The van der Waals surface area contributed by atoms with Crippen molar-refractivity contribution < 1.29 is 17.9 Å². The smallest absolute Gasteiger partial charge is 0.287 e.